The predicted octanol–water partition coefficient (Wildman–Crippen LogP) is 1.84. The first-order chi connectivity index (χ1) is 10.9. The Hall–Kier alpha value is -0.930. The highest BCUT2D eigenvalue weighted by Gasteiger charge is 2.41. The number of hydrogen-bond acceptors (Lipinski definition) is 5. The van der Waals surface area contributed by atoms with Gasteiger partial charge in [-0.2, -0.15) is 20.7 Å². The van der Waals surface area contributed by atoms with E-state index in [-0.39, 0.29) is 35.0 Å². The lowest BCUT2D eigenvalue weighted by Gasteiger charge is -2.16. The summed E-state index contributed by atoms with van der Waals surface area (Å²) < 4.78 is 28.7. The van der Waals surface area contributed by atoms with Crippen molar-refractivity contribution in [1.82, 2.24) is 14.1 Å². The molecular formula is C14H18ClN3O3S2. The smallest absolute Gasteiger partial charge is 0.248 e. The first-order valence-electron chi connectivity index (χ1n) is 7.18. The Morgan fingerprint density at radius 2 is 2.22 bits per heavy atom. The highest BCUT2D eigenvalue weighted by Crippen LogP contribution is 2.38. The number of aryl methyl sites for hydroxylation is 2. The van der Waals surface area contributed by atoms with Gasteiger partial charge in [0.05, 0.1) is 5.69 Å². The van der Waals surface area contributed by atoms with Gasteiger partial charge in [-0.1, -0.05) is 11.6 Å². The molecule has 126 valence electrons. The number of rotatable bonds is 4. The maximum absolute atomic E-state index is 13.0. The molecular weight excluding hydrogens is 358 g/mol. The molecule has 1 aliphatic heterocycles. The Balaban J connectivity index is 1.96. The predicted molar refractivity (Wildman–Crippen MR) is 89.3 cm³/mol. The minimum absolute atomic E-state index is 0.00298. The Morgan fingerprint density at radius 3 is 2.74 bits per heavy atom. The summed E-state index contributed by atoms with van der Waals surface area (Å²) in [4.78, 5) is 0.0596. The van der Waals surface area contributed by atoms with Gasteiger partial charge in [-0.3, -0.25) is 4.68 Å². The highest BCUT2D eigenvalue weighted by molar-refractivity contribution is 7.89. The van der Waals surface area contributed by atoms with Crippen LogP contribution in [0.1, 0.15) is 17.2 Å². The lowest BCUT2D eigenvalue weighted by Crippen LogP contribution is -2.30. The van der Waals surface area contributed by atoms with Gasteiger partial charge in [0.25, 0.3) is 0 Å². The quantitative estimate of drug-likeness (QED) is 0.884. The number of sulfonamides is 1. The van der Waals surface area contributed by atoms with E-state index in [2.05, 4.69) is 5.10 Å². The van der Waals surface area contributed by atoms with Gasteiger partial charge in [0.1, 0.15) is 10.0 Å². The maximum Gasteiger partial charge on any atom is 0.248 e. The van der Waals surface area contributed by atoms with E-state index in [0.717, 1.165) is 5.56 Å². The summed E-state index contributed by atoms with van der Waals surface area (Å²) in [6.07, 6.45) is 0. The Morgan fingerprint density at radius 1 is 1.48 bits per heavy atom. The summed E-state index contributed by atoms with van der Waals surface area (Å²) in [5, 5.41) is 17.8. The van der Waals surface area contributed by atoms with E-state index in [0.29, 0.717) is 12.2 Å². The minimum Gasteiger partial charge on any atom is -0.396 e. The molecule has 6 nitrogen and oxygen atoms in total. The normalized spacial score (nSPS) is 22.8. The molecule has 1 fully saturated rings. The van der Waals surface area contributed by atoms with E-state index in [9.17, 15) is 13.5 Å². The molecule has 0 aromatic carbocycles. The molecule has 0 aliphatic carbocycles. The van der Waals surface area contributed by atoms with Gasteiger partial charge < -0.3 is 5.11 Å². The Labute approximate surface area is 144 Å². The van der Waals surface area contributed by atoms with Crippen LogP contribution in [-0.4, -0.2) is 47.3 Å². The molecule has 0 amide bonds. The van der Waals surface area contributed by atoms with E-state index >= 15 is 0 Å². The van der Waals surface area contributed by atoms with Crippen LogP contribution in [0, 0.1) is 12.8 Å². The van der Waals surface area contributed by atoms with Gasteiger partial charge in [-0.05, 0) is 29.3 Å². The van der Waals surface area contributed by atoms with Crippen LogP contribution < -0.4 is 0 Å². The zero-order valence-electron chi connectivity index (χ0n) is 12.8. The second-order valence-corrected chi connectivity index (χ2v) is 8.77. The number of thiophene rings is 1. The Bertz CT molecular complexity index is 802. The van der Waals surface area contributed by atoms with Crippen LogP contribution in [0.5, 0.6) is 0 Å². The van der Waals surface area contributed by atoms with Crippen LogP contribution in [0.2, 0.25) is 5.15 Å². The number of aliphatic hydroxyl groups is 1. The largest absolute Gasteiger partial charge is 0.396 e. The molecule has 0 saturated carbocycles. The van der Waals surface area contributed by atoms with Crippen molar-refractivity contribution in [3.63, 3.8) is 0 Å². The molecule has 0 bridgehead atoms. The van der Waals surface area contributed by atoms with Crippen LogP contribution in [0.4, 0.5) is 0 Å². The van der Waals surface area contributed by atoms with Crippen LogP contribution >= 0.6 is 22.9 Å². The molecule has 3 rings (SSSR count). The molecule has 23 heavy (non-hydrogen) atoms. The van der Waals surface area contributed by atoms with E-state index in [1.165, 1.54) is 8.99 Å². The van der Waals surface area contributed by atoms with Gasteiger partial charge >= 0.3 is 0 Å². The van der Waals surface area contributed by atoms with Gasteiger partial charge in [-0.25, -0.2) is 8.42 Å². The second kappa shape index (κ2) is 6.18. The average Bonchev–Trinajstić information content (AvgIpc) is 3.19. The van der Waals surface area contributed by atoms with E-state index < -0.39 is 10.0 Å². The van der Waals surface area contributed by atoms with E-state index in [1.54, 1.807) is 25.3 Å². The summed E-state index contributed by atoms with van der Waals surface area (Å²) in [6, 6.07) is 1.98. The fraction of sp³-hybridized carbons (Fsp3) is 0.500. The number of nitrogens with zero attached hydrogens (tertiary/aromatic N) is 3. The third kappa shape index (κ3) is 2.83. The fourth-order valence-corrected chi connectivity index (χ4v) is 6.06. The molecule has 2 aromatic heterocycles. The lowest BCUT2D eigenvalue weighted by atomic mass is 9.92. The fourth-order valence-electron chi connectivity index (χ4n) is 3.11. The molecule has 0 spiro atoms. The van der Waals surface area contributed by atoms with Crippen molar-refractivity contribution in [3.05, 3.63) is 33.2 Å². The van der Waals surface area contributed by atoms with Crippen LogP contribution in [0.15, 0.2) is 21.7 Å². The molecule has 1 saturated heterocycles. The van der Waals surface area contributed by atoms with Gasteiger partial charge in [-0.15, -0.1) is 0 Å². The standard InChI is InChI=1S/C14H18ClN3O3S2/c1-9-13(14(15)17(2)16-9)23(20,21)18-5-11(7-19)12(6-18)10-3-4-22-8-10/h3-4,8,11-12,19H,5-7H2,1-2H3. The number of hydrogen-bond donors (Lipinski definition) is 1. The zero-order valence-corrected chi connectivity index (χ0v) is 15.2. The van der Waals surface area contributed by atoms with Gasteiger partial charge in [0.2, 0.25) is 10.0 Å². The van der Waals surface area contributed by atoms with Gasteiger partial charge in [0, 0.05) is 38.6 Å². The molecule has 2 atom stereocenters. The SMILES string of the molecule is Cc1nn(C)c(Cl)c1S(=O)(=O)N1CC(CO)C(c2ccsc2)C1. The zero-order chi connectivity index (χ0) is 16.8. The van der Waals surface area contributed by atoms with Crippen LogP contribution in [-0.2, 0) is 17.1 Å². The summed E-state index contributed by atoms with van der Waals surface area (Å²) in [5.74, 6) is -0.119. The number of halogens is 1. The molecule has 2 aromatic rings. The van der Waals surface area contributed by atoms with Gasteiger partial charge in [0.15, 0.2) is 0 Å². The first-order valence-corrected chi connectivity index (χ1v) is 9.94. The summed E-state index contributed by atoms with van der Waals surface area (Å²) >= 11 is 7.70. The highest BCUT2D eigenvalue weighted by atomic mass is 35.5. The molecule has 1 N–H and O–H groups in total. The van der Waals surface area contributed by atoms with Crippen LogP contribution in [0.25, 0.3) is 0 Å². The van der Waals surface area contributed by atoms with Crippen LogP contribution in [0.3, 0.4) is 0 Å². The van der Waals surface area contributed by atoms with E-state index in [4.69, 9.17) is 11.6 Å². The van der Waals surface area contributed by atoms with Crippen molar-refractivity contribution < 1.29 is 13.5 Å². The third-order valence-electron chi connectivity index (χ3n) is 4.31. The summed E-state index contributed by atoms with van der Waals surface area (Å²) in [7, 11) is -2.12. The summed E-state index contributed by atoms with van der Waals surface area (Å²) in [6.45, 7) is 2.21. The molecule has 2 unspecified atom stereocenters. The van der Waals surface area contributed by atoms with Crippen molar-refractivity contribution in [3.8, 4) is 0 Å². The van der Waals surface area contributed by atoms with Crippen molar-refractivity contribution >= 4 is 33.0 Å². The monoisotopic (exact) mass is 375 g/mol. The molecule has 3 heterocycles. The lowest BCUT2D eigenvalue weighted by molar-refractivity contribution is 0.223. The van der Waals surface area contributed by atoms with E-state index in [1.807, 2.05) is 16.8 Å². The topological polar surface area (TPSA) is 75.4 Å². The maximum atomic E-state index is 13.0. The first kappa shape index (κ1) is 16.9. The summed E-state index contributed by atoms with van der Waals surface area (Å²) in [5.41, 5.74) is 1.46. The minimum atomic E-state index is -3.74. The molecule has 1 aliphatic rings. The molecule has 0 radical (unpaired) electrons. The Kier molecular flexibility index (Phi) is 4.54. The van der Waals surface area contributed by atoms with Crippen molar-refractivity contribution in [2.24, 2.45) is 13.0 Å². The molecule has 9 heteroatoms. The average molecular weight is 376 g/mol. The van der Waals surface area contributed by atoms with Crippen molar-refractivity contribution in [2.45, 2.75) is 17.7 Å². The number of aliphatic hydroxyl groups excluding tert-OH is 1. The van der Waals surface area contributed by atoms with Crippen molar-refractivity contribution in [1.29, 1.82) is 0 Å². The van der Waals surface area contributed by atoms with Crippen molar-refractivity contribution in [2.75, 3.05) is 19.7 Å². The third-order valence-corrected chi connectivity index (χ3v) is 7.54. The second-order valence-electron chi connectivity index (χ2n) is 5.76. The number of aromatic nitrogens is 2.